The molecule has 5 heteroatoms. The van der Waals surface area contributed by atoms with Gasteiger partial charge >= 0.3 is 0 Å². The molecule has 3 rings (SSSR count). The Morgan fingerprint density at radius 3 is 2.75 bits per heavy atom. The quantitative estimate of drug-likeness (QED) is 0.642. The molecule has 0 saturated carbocycles. The average molecular weight is 349 g/mol. The van der Waals surface area contributed by atoms with Crippen LogP contribution in [0.1, 0.15) is 0 Å². The standard InChI is InChI=1S/C15H11BrClN3/c16-14-10(17)4-1-5-13(14)20-12-7-6-11(18)15-9(12)3-2-8-19-15/h1-8,20H,18H2. The molecule has 3 N–H and O–H groups in total. The first-order valence-corrected chi connectivity index (χ1v) is 7.18. The second-order valence-electron chi connectivity index (χ2n) is 4.33. The number of nitrogens with one attached hydrogen (secondary N) is 1. The summed E-state index contributed by atoms with van der Waals surface area (Å²) in [6.07, 6.45) is 1.73. The number of nitrogens with two attached hydrogens (primary N) is 1. The lowest BCUT2D eigenvalue weighted by atomic mass is 10.1. The van der Waals surface area contributed by atoms with Crippen LogP contribution in [0.2, 0.25) is 5.02 Å². The number of hydrogen-bond donors (Lipinski definition) is 2. The van der Waals surface area contributed by atoms with Crippen molar-refractivity contribution in [3.8, 4) is 0 Å². The smallest absolute Gasteiger partial charge is 0.0951 e. The molecule has 0 aliphatic rings. The lowest BCUT2D eigenvalue weighted by Gasteiger charge is -2.12. The van der Waals surface area contributed by atoms with E-state index in [1.165, 1.54) is 0 Å². The van der Waals surface area contributed by atoms with Crippen molar-refractivity contribution < 1.29 is 0 Å². The van der Waals surface area contributed by atoms with Crippen LogP contribution in [-0.4, -0.2) is 4.98 Å². The Labute approximate surface area is 129 Å². The van der Waals surface area contributed by atoms with Gasteiger partial charge in [-0.25, -0.2) is 0 Å². The number of nitrogens with zero attached hydrogens (tertiary/aromatic N) is 1. The highest BCUT2D eigenvalue weighted by Gasteiger charge is 2.08. The molecule has 3 aromatic rings. The van der Waals surface area contributed by atoms with Gasteiger partial charge < -0.3 is 11.1 Å². The van der Waals surface area contributed by atoms with Crippen molar-refractivity contribution >= 4 is 55.5 Å². The topological polar surface area (TPSA) is 50.9 Å². The zero-order chi connectivity index (χ0) is 14.1. The highest BCUT2D eigenvalue weighted by atomic mass is 79.9. The molecule has 3 nitrogen and oxygen atoms in total. The van der Waals surface area contributed by atoms with E-state index in [1.54, 1.807) is 6.20 Å². The Balaban J connectivity index is 2.12. The van der Waals surface area contributed by atoms with Crippen molar-refractivity contribution in [2.75, 3.05) is 11.1 Å². The predicted octanol–water partition coefficient (Wildman–Crippen LogP) is 4.98. The highest BCUT2D eigenvalue weighted by Crippen LogP contribution is 2.34. The van der Waals surface area contributed by atoms with Gasteiger partial charge in [0, 0.05) is 17.3 Å². The Bertz CT molecular complexity index is 789. The van der Waals surface area contributed by atoms with Crippen LogP contribution in [0.5, 0.6) is 0 Å². The van der Waals surface area contributed by atoms with E-state index >= 15 is 0 Å². The summed E-state index contributed by atoms with van der Waals surface area (Å²) in [6.45, 7) is 0. The third kappa shape index (κ3) is 2.32. The molecule has 0 atom stereocenters. The molecule has 0 aliphatic carbocycles. The van der Waals surface area contributed by atoms with E-state index in [0.717, 1.165) is 26.8 Å². The molecule has 0 saturated heterocycles. The lowest BCUT2D eigenvalue weighted by molar-refractivity contribution is 1.41. The van der Waals surface area contributed by atoms with Gasteiger partial charge in [-0.2, -0.15) is 0 Å². The summed E-state index contributed by atoms with van der Waals surface area (Å²) in [5.41, 5.74) is 9.23. The van der Waals surface area contributed by atoms with Gasteiger partial charge in [-0.05, 0) is 52.3 Å². The number of halogens is 2. The monoisotopic (exact) mass is 347 g/mol. The van der Waals surface area contributed by atoms with Crippen LogP contribution in [-0.2, 0) is 0 Å². The Morgan fingerprint density at radius 1 is 1.05 bits per heavy atom. The van der Waals surface area contributed by atoms with Crippen molar-refractivity contribution in [2.24, 2.45) is 0 Å². The Morgan fingerprint density at radius 2 is 1.90 bits per heavy atom. The van der Waals surface area contributed by atoms with Crippen LogP contribution in [0, 0.1) is 0 Å². The first-order valence-electron chi connectivity index (χ1n) is 6.01. The molecule has 0 unspecified atom stereocenters. The predicted molar refractivity (Wildman–Crippen MR) is 88.6 cm³/mol. The summed E-state index contributed by atoms with van der Waals surface area (Å²) < 4.78 is 0.829. The number of fused-ring (bicyclic) bond motifs is 1. The number of benzene rings is 2. The van der Waals surface area contributed by atoms with Crippen molar-refractivity contribution in [1.82, 2.24) is 4.98 Å². The zero-order valence-electron chi connectivity index (χ0n) is 10.4. The molecule has 2 aromatic carbocycles. The van der Waals surface area contributed by atoms with E-state index in [0.29, 0.717) is 10.7 Å². The lowest BCUT2D eigenvalue weighted by Crippen LogP contribution is -1.96. The minimum atomic E-state index is 0.660. The first-order chi connectivity index (χ1) is 9.66. The summed E-state index contributed by atoms with van der Waals surface area (Å²) in [7, 11) is 0. The number of nitrogen functional groups attached to an aromatic ring is 1. The molecule has 0 aliphatic heterocycles. The third-order valence-corrected chi connectivity index (χ3v) is 4.42. The number of pyridine rings is 1. The number of hydrogen-bond acceptors (Lipinski definition) is 3. The summed E-state index contributed by atoms with van der Waals surface area (Å²) in [5.74, 6) is 0. The minimum absolute atomic E-state index is 0.660. The average Bonchev–Trinajstić information content (AvgIpc) is 2.47. The fourth-order valence-electron chi connectivity index (χ4n) is 2.05. The van der Waals surface area contributed by atoms with E-state index in [1.807, 2.05) is 42.5 Å². The van der Waals surface area contributed by atoms with Gasteiger partial charge in [0.25, 0.3) is 0 Å². The van der Waals surface area contributed by atoms with Gasteiger partial charge in [-0.3, -0.25) is 4.98 Å². The van der Waals surface area contributed by atoms with Gasteiger partial charge in [0.15, 0.2) is 0 Å². The number of rotatable bonds is 2. The SMILES string of the molecule is Nc1ccc(Nc2cccc(Cl)c2Br)c2cccnc12. The molecule has 0 radical (unpaired) electrons. The second kappa shape index (κ2) is 5.31. The highest BCUT2D eigenvalue weighted by molar-refractivity contribution is 9.10. The van der Waals surface area contributed by atoms with Crippen LogP contribution >= 0.6 is 27.5 Å². The molecule has 1 aromatic heterocycles. The fourth-order valence-corrected chi connectivity index (χ4v) is 2.59. The van der Waals surface area contributed by atoms with Gasteiger partial charge in [0.2, 0.25) is 0 Å². The molecule has 0 bridgehead atoms. The van der Waals surface area contributed by atoms with E-state index in [4.69, 9.17) is 17.3 Å². The van der Waals surface area contributed by atoms with Crippen molar-refractivity contribution in [2.45, 2.75) is 0 Å². The molecule has 0 amide bonds. The normalized spacial score (nSPS) is 10.7. The van der Waals surface area contributed by atoms with Gasteiger partial charge in [-0.1, -0.05) is 17.7 Å². The maximum absolute atomic E-state index is 6.10. The van der Waals surface area contributed by atoms with Crippen molar-refractivity contribution in [3.05, 3.63) is 58.2 Å². The summed E-state index contributed by atoms with van der Waals surface area (Å²) in [5, 5.41) is 4.99. The molecule has 100 valence electrons. The maximum atomic E-state index is 6.10. The number of anilines is 3. The second-order valence-corrected chi connectivity index (χ2v) is 5.53. The third-order valence-electron chi connectivity index (χ3n) is 3.02. The van der Waals surface area contributed by atoms with E-state index in [9.17, 15) is 0 Å². The Kier molecular flexibility index (Phi) is 3.51. The van der Waals surface area contributed by atoms with E-state index in [2.05, 4.69) is 26.2 Å². The summed E-state index contributed by atoms with van der Waals surface area (Å²) in [4.78, 5) is 4.32. The van der Waals surface area contributed by atoms with Crippen LogP contribution in [0.3, 0.4) is 0 Å². The van der Waals surface area contributed by atoms with Crippen LogP contribution < -0.4 is 11.1 Å². The van der Waals surface area contributed by atoms with Gasteiger partial charge in [0.05, 0.1) is 26.4 Å². The first kappa shape index (κ1) is 13.2. The molecule has 0 spiro atoms. The van der Waals surface area contributed by atoms with Crippen LogP contribution in [0.15, 0.2) is 53.1 Å². The largest absolute Gasteiger partial charge is 0.397 e. The molecule has 20 heavy (non-hydrogen) atoms. The number of aromatic nitrogens is 1. The molecule has 1 heterocycles. The molecular formula is C15H11BrClN3. The summed E-state index contributed by atoms with van der Waals surface area (Å²) >= 11 is 9.59. The zero-order valence-corrected chi connectivity index (χ0v) is 12.7. The Hall–Kier alpha value is -1.78. The van der Waals surface area contributed by atoms with Gasteiger partial charge in [0.1, 0.15) is 0 Å². The van der Waals surface area contributed by atoms with Crippen molar-refractivity contribution in [3.63, 3.8) is 0 Å². The minimum Gasteiger partial charge on any atom is -0.397 e. The van der Waals surface area contributed by atoms with Crippen LogP contribution in [0.4, 0.5) is 17.1 Å². The van der Waals surface area contributed by atoms with E-state index < -0.39 is 0 Å². The fraction of sp³-hybridized carbons (Fsp3) is 0. The maximum Gasteiger partial charge on any atom is 0.0951 e. The molecular weight excluding hydrogens is 338 g/mol. The van der Waals surface area contributed by atoms with Crippen LogP contribution in [0.25, 0.3) is 10.9 Å². The van der Waals surface area contributed by atoms with E-state index in [-0.39, 0.29) is 0 Å². The van der Waals surface area contributed by atoms with Gasteiger partial charge in [-0.15, -0.1) is 0 Å². The van der Waals surface area contributed by atoms with Crippen molar-refractivity contribution in [1.29, 1.82) is 0 Å². The molecule has 0 fully saturated rings. The summed E-state index contributed by atoms with van der Waals surface area (Å²) in [6, 6.07) is 13.3.